The van der Waals surface area contributed by atoms with Crippen LogP contribution in [-0.2, 0) is 0 Å². The van der Waals surface area contributed by atoms with Crippen LogP contribution < -0.4 is 20.5 Å². The van der Waals surface area contributed by atoms with Gasteiger partial charge < -0.3 is 20.5 Å². The standard InChI is InChI=1S/C17H21N3O3.ClH/c1-12(2)23-16-5-3-4-15(20-16)17(21)19-13-6-8-14(9-7-13)22-11-10-18;/h3-9,12H,10-11,18H2,1-2H3,(H,19,21);1H. The maximum Gasteiger partial charge on any atom is 0.274 e. The SMILES string of the molecule is CC(C)Oc1cccc(C(=O)Nc2ccc(OCCN)cc2)n1.Cl. The van der Waals surface area contributed by atoms with Gasteiger partial charge in [-0.15, -0.1) is 12.4 Å². The number of benzene rings is 1. The van der Waals surface area contributed by atoms with E-state index in [9.17, 15) is 4.79 Å². The molecule has 0 aliphatic heterocycles. The molecule has 6 nitrogen and oxygen atoms in total. The Hall–Kier alpha value is -2.31. The van der Waals surface area contributed by atoms with Crippen molar-refractivity contribution in [3.8, 4) is 11.6 Å². The number of anilines is 1. The molecule has 130 valence electrons. The van der Waals surface area contributed by atoms with Gasteiger partial charge in [-0.2, -0.15) is 0 Å². The van der Waals surface area contributed by atoms with E-state index in [0.29, 0.717) is 36.2 Å². The number of carbonyl (C=O) groups excluding carboxylic acids is 1. The van der Waals surface area contributed by atoms with E-state index >= 15 is 0 Å². The smallest absolute Gasteiger partial charge is 0.274 e. The summed E-state index contributed by atoms with van der Waals surface area (Å²) in [6.07, 6.45) is 0.00174. The van der Waals surface area contributed by atoms with Crippen molar-refractivity contribution in [1.29, 1.82) is 0 Å². The van der Waals surface area contributed by atoms with Crippen molar-refractivity contribution in [2.75, 3.05) is 18.5 Å². The van der Waals surface area contributed by atoms with Crippen LogP contribution in [0.25, 0.3) is 0 Å². The van der Waals surface area contributed by atoms with Crippen molar-refractivity contribution in [3.63, 3.8) is 0 Å². The lowest BCUT2D eigenvalue weighted by molar-refractivity contribution is 0.102. The molecule has 2 rings (SSSR count). The minimum absolute atomic E-state index is 0. The molecule has 0 aliphatic carbocycles. The lowest BCUT2D eigenvalue weighted by Crippen LogP contribution is -2.15. The van der Waals surface area contributed by atoms with E-state index in [-0.39, 0.29) is 24.4 Å². The fourth-order valence-electron chi connectivity index (χ4n) is 1.85. The summed E-state index contributed by atoms with van der Waals surface area (Å²) in [7, 11) is 0. The van der Waals surface area contributed by atoms with E-state index < -0.39 is 0 Å². The van der Waals surface area contributed by atoms with Gasteiger partial charge in [0.05, 0.1) is 6.10 Å². The summed E-state index contributed by atoms with van der Waals surface area (Å²) >= 11 is 0. The number of hydrogen-bond acceptors (Lipinski definition) is 5. The fraction of sp³-hybridized carbons (Fsp3) is 0.294. The van der Waals surface area contributed by atoms with Crippen molar-refractivity contribution in [2.45, 2.75) is 20.0 Å². The number of pyridine rings is 1. The average Bonchev–Trinajstić information content (AvgIpc) is 2.54. The lowest BCUT2D eigenvalue weighted by atomic mass is 10.2. The van der Waals surface area contributed by atoms with Crippen LogP contribution in [0, 0.1) is 0 Å². The third-order valence-electron chi connectivity index (χ3n) is 2.81. The van der Waals surface area contributed by atoms with Crippen LogP contribution in [0.3, 0.4) is 0 Å². The van der Waals surface area contributed by atoms with Gasteiger partial charge in [-0.25, -0.2) is 4.98 Å². The first kappa shape index (κ1) is 19.7. The fourth-order valence-corrected chi connectivity index (χ4v) is 1.85. The molecule has 24 heavy (non-hydrogen) atoms. The number of carbonyl (C=O) groups is 1. The Labute approximate surface area is 147 Å². The van der Waals surface area contributed by atoms with E-state index in [1.54, 1.807) is 42.5 Å². The Morgan fingerprint density at radius 1 is 1.21 bits per heavy atom. The van der Waals surface area contributed by atoms with Crippen LogP contribution in [0.5, 0.6) is 11.6 Å². The van der Waals surface area contributed by atoms with Crippen molar-refractivity contribution < 1.29 is 14.3 Å². The minimum atomic E-state index is -0.296. The molecule has 0 unspecified atom stereocenters. The molecule has 0 bridgehead atoms. The predicted octanol–water partition coefficient (Wildman–Crippen LogP) is 2.88. The number of aromatic nitrogens is 1. The monoisotopic (exact) mass is 351 g/mol. The molecule has 2 aromatic rings. The maximum atomic E-state index is 12.2. The van der Waals surface area contributed by atoms with Gasteiger partial charge in [0.1, 0.15) is 18.1 Å². The van der Waals surface area contributed by atoms with Crippen LogP contribution in [0.4, 0.5) is 5.69 Å². The summed E-state index contributed by atoms with van der Waals surface area (Å²) in [6.45, 7) is 4.72. The summed E-state index contributed by atoms with van der Waals surface area (Å²) in [6, 6.07) is 12.2. The van der Waals surface area contributed by atoms with E-state index in [2.05, 4.69) is 10.3 Å². The van der Waals surface area contributed by atoms with E-state index in [1.165, 1.54) is 0 Å². The van der Waals surface area contributed by atoms with Crippen molar-refractivity contribution >= 4 is 24.0 Å². The van der Waals surface area contributed by atoms with Crippen molar-refractivity contribution in [2.24, 2.45) is 5.73 Å². The highest BCUT2D eigenvalue weighted by Crippen LogP contribution is 2.17. The second kappa shape index (κ2) is 9.75. The van der Waals surface area contributed by atoms with E-state index in [1.807, 2.05) is 13.8 Å². The van der Waals surface area contributed by atoms with Crippen LogP contribution in [-0.4, -0.2) is 30.1 Å². The zero-order chi connectivity index (χ0) is 16.7. The van der Waals surface area contributed by atoms with Gasteiger partial charge in [0.25, 0.3) is 5.91 Å². The normalized spacial score (nSPS) is 10.0. The number of rotatable bonds is 7. The molecule has 7 heteroatoms. The first-order valence-corrected chi connectivity index (χ1v) is 7.46. The third kappa shape index (κ3) is 6.06. The Bertz CT molecular complexity index is 648. The van der Waals surface area contributed by atoms with Crippen molar-refractivity contribution in [1.82, 2.24) is 4.98 Å². The molecule has 0 radical (unpaired) electrons. The quantitative estimate of drug-likeness (QED) is 0.801. The highest BCUT2D eigenvalue weighted by Gasteiger charge is 2.10. The molecule has 1 aromatic heterocycles. The predicted molar refractivity (Wildman–Crippen MR) is 96.2 cm³/mol. The molecular formula is C17H22ClN3O3. The van der Waals surface area contributed by atoms with E-state index in [4.69, 9.17) is 15.2 Å². The van der Waals surface area contributed by atoms with Gasteiger partial charge >= 0.3 is 0 Å². The highest BCUT2D eigenvalue weighted by molar-refractivity contribution is 6.02. The maximum absolute atomic E-state index is 12.2. The number of ether oxygens (including phenoxy) is 2. The Kier molecular flexibility index (Phi) is 8.01. The van der Waals surface area contributed by atoms with Gasteiger partial charge in [-0.3, -0.25) is 4.79 Å². The van der Waals surface area contributed by atoms with Gasteiger partial charge in [-0.05, 0) is 44.2 Å². The first-order valence-electron chi connectivity index (χ1n) is 7.46. The van der Waals surface area contributed by atoms with Gasteiger partial charge in [0, 0.05) is 18.3 Å². The summed E-state index contributed by atoms with van der Waals surface area (Å²) in [4.78, 5) is 16.4. The highest BCUT2D eigenvalue weighted by atomic mass is 35.5. The minimum Gasteiger partial charge on any atom is -0.492 e. The summed E-state index contributed by atoms with van der Waals surface area (Å²) < 4.78 is 10.9. The molecule has 0 fully saturated rings. The molecule has 0 saturated carbocycles. The first-order chi connectivity index (χ1) is 11.1. The number of amides is 1. The molecule has 0 spiro atoms. The van der Waals surface area contributed by atoms with Crippen LogP contribution in [0.1, 0.15) is 24.3 Å². The zero-order valence-electron chi connectivity index (χ0n) is 13.7. The number of halogens is 1. The molecular weight excluding hydrogens is 330 g/mol. The van der Waals surface area contributed by atoms with Crippen LogP contribution >= 0.6 is 12.4 Å². The molecule has 3 N–H and O–H groups in total. The Balaban J connectivity index is 0.00000288. The second-order valence-electron chi connectivity index (χ2n) is 5.14. The number of hydrogen-bond donors (Lipinski definition) is 2. The molecule has 1 heterocycles. The molecule has 1 aromatic carbocycles. The Morgan fingerprint density at radius 2 is 1.92 bits per heavy atom. The molecule has 0 saturated heterocycles. The number of nitrogens with zero attached hydrogens (tertiary/aromatic N) is 1. The Morgan fingerprint density at radius 3 is 2.54 bits per heavy atom. The molecule has 0 aliphatic rings. The summed E-state index contributed by atoms with van der Waals surface area (Å²) in [5, 5.41) is 2.78. The topological polar surface area (TPSA) is 86.5 Å². The summed E-state index contributed by atoms with van der Waals surface area (Å²) in [5.41, 5.74) is 6.34. The van der Waals surface area contributed by atoms with Crippen LogP contribution in [0.2, 0.25) is 0 Å². The van der Waals surface area contributed by atoms with E-state index in [0.717, 1.165) is 0 Å². The number of nitrogens with two attached hydrogens (primary N) is 1. The number of nitrogens with one attached hydrogen (secondary N) is 1. The van der Waals surface area contributed by atoms with Crippen LogP contribution in [0.15, 0.2) is 42.5 Å². The van der Waals surface area contributed by atoms with Gasteiger partial charge in [-0.1, -0.05) is 6.07 Å². The molecule has 0 atom stereocenters. The van der Waals surface area contributed by atoms with Gasteiger partial charge in [0.15, 0.2) is 0 Å². The lowest BCUT2D eigenvalue weighted by Gasteiger charge is -2.10. The van der Waals surface area contributed by atoms with Crippen molar-refractivity contribution in [3.05, 3.63) is 48.2 Å². The summed E-state index contributed by atoms with van der Waals surface area (Å²) in [5.74, 6) is 0.840. The largest absolute Gasteiger partial charge is 0.492 e. The van der Waals surface area contributed by atoms with Gasteiger partial charge in [0.2, 0.25) is 5.88 Å². The zero-order valence-corrected chi connectivity index (χ0v) is 14.5. The third-order valence-corrected chi connectivity index (χ3v) is 2.81. The second-order valence-corrected chi connectivity index (χ2v) is 5.14. The average molecular weight is 352 g/mol. The molecule has 1 amide bonds.